The van der Waals surface area contributed by atoms with Crippen LogP contribution >= 0.6 is 0 Å². The number of hydrogen-bond donors (Lipinski definition) is 1. The number of benzene rings is 1. The summed E-state index contributed by atoms with van der Waals surface area (Å²) in [7, 11) is 4.61. The minimum absolute atomic E-state index is 0.260. The van der Waals surface area contributed by atoms with E-state index < -0.39 is 0 Å². The Balaban J connectivity index is 1.44. The fourth-order valence-electron chi connectivity index (χ4n) is 4.53. The molecule has 28 heavy (non-hydrogen) atoms. The quantitative estimate of drug-likeness (QED) is 0.652. The van der Waals surface area contributed by atoms with Crippen LogP contribution in [0.15, 0.2) is 12.1 Å². The molecule has 154 valence electrons. The third-order valence-electron chi connectivity index (χ3n) is 5.89. The maximum absolute atomic E-state index is 12.0. The second-order valence-corrected chi connectivity index (χ2v) is 7.61. The topological polar surface area (TPSA) is 83.1 Å². The molecule has 0 unspecified atom stereocenters. The van der Waals surface area contributed by atoms with Crippen LogP contribution in [0.25, 0.3) is 0 Å². The highest BCUT2D eigenvalue weighted by Gasteiger charge is 2.40. The van der Waals surface area contributed by atoms with Gasteiger partial charge in [0.1, 0.15) is 0 Å². The lowest BCUT2D eigenvalue weighted by molar-refractivity contribution is -0.149. The van der Waals surface area contributed by atoms with Crippen LogP contribution in [0.2, 0.25) is 0 Å². The number of rotatable bonds is 9. The number of methoxy groups -OCH3 is 3. The summed E-state index contributed by atoms with van der Waals surface area (Å²) in [5, 5.41) is 2.75. The lowest BCUT2D eigenvalue weighted by Crippen LogP contribution is -2.29. The zero-order chi connectivity index (χ0) is 20.1. The van der Waals surface area contributed by atoms with E-state index in [1.807, 2.05) is 0 Å². The first kappa shape index (κ1) is 20.3. The van der Waals surface area contributed by atoms with E-state index >= 15 is 0 Å². The van der Waals surface area contributed by atoms with Gasteiger partial charge in [-0.05, 0) is 54.7 Å². The molecule has 7 nitrogen and oxygen atoms in total. The molecule has 2 aliphatic rings. The smallest absolute Gasteiger partial charge is 0.306 e. The molecular formula is C21H29NO6. The Morgan fingerprint density at radius 3 is 2.29 bits per heavy atom. The van der Waals surface area contributed by atoms with Crippen LogP contribution in [0.4, 0.5) is 0 Å². The van der Waals surface area contributed by atoms with Gasteiger partial charge in [-0.25, -0.2) is 0 Å². The number of amides is 1. The lowest BCUT2D eigenvalue weighted by atomic mass is 9.86. The largest absolute Gasteiger partial charge is 0.493 e. The molecule has 0 heterocycles. The zero-order valence-electron chi connectivity index (χ0n) is 16.8. The van der Waals surface area contributed by atoms with Crippen molar-refractivity contribution in [3.05, 3.63) is 17.7 Å². The number of hydrogen-bond acceptors (Lipinski definition) is 6. The first-order valence-electron chi connectivity index (χ1n) is 9.75. The Labute approximate surface area is 165 Å². The van der Waals surface area contributed by atoms with Crippen LogP contribution in [0.3, 0.4) is 0 Å². The molecule has 1 aromatic carbocycles. The lowest BCUT2D eigenvalue weighted by Gasteiger charge is -2.20. The summed E-state index contributed by atoms with van der Waals surface area (Å²) >= 11 is 0. The first-order valence-corrected chi connectivity index (χ1v) is 9.75. The van der Waals surface area contributed by atoms with Crippen LogP contribution in [0, 0.1) is 17.8 Å². The van der Waals surface area contributed by atoms with Crippen molar-refractivity contribution >= 4 is 11.9 Å². The standard InChI is InChI=1S/C21H29NO6/c1-25-17-8-14(9-18(26-2)21(17)27-3)11-22-19(23)12-28-20(24)10-16-7-13-4-5-15(16)6-13/h8-9,13,15-16H,4-7,10-12H2,1-3H3,(H,22,23)/t13-,15+,16+/m0/s1. The molecule has 0 spiro atoms. The van der Waals surface area contributed by atoms with Crippen LogP contribution in [0.5, 0.6) is 17.2 Å². The molecule has 1 N–H and O–H groups in total. The summed E-state index contributed by atoms with van der Waals surface area (Å²) < 4.78 is 21.1. The highest BCUT2D eigenvalue weighted by molar-refractivity contribution is 5.80. The number of fused-ring (bicyclic) bond motifs is 2. The van der Waals surface area contributed by atoms with Crippen molar-refractivity contribution in [2.45, 2.75) is 38.6 Å². The van der Waals surface area contributed by atoms with E-state index in [1.54, 1.807) is 12.1 Å². The van der Waals surface area contributed by atoms with E-state index in [0.717, 1.165) is 17.9 Å². The first-order chi connectivity index (χ1) is 13.5. The van der Waals surface area contributed by atoms with Gasteiger partial charge in [0.05, 0.1) is 21.3 Å². The normalized spacial score (nSPS) is 22.6. The maximum Gasteiger partial charge on any atom is 0.306 e. The van der Waals surface area contributed by atoms with Gasteiger partial charge in [0.2, 0.25) is 5.75 Å². The summed E-state index contributed by atoms with van der Waals surface area (Å²) in [6.45, 7) is 0.00352. The van der Waals surface area contributed by atoms with Gasteiger partial charge in [-0.2, -0.15) is 0 Å². The van der Waals surface area contributed by atoms with Gasteiger partial charge in [0.15, 0.2) is 18.1 Å². The van der Waals surface area contributed by atoms with Crippen molar-refractivity contribution in [3.63, 3.8) is 0 Å². The van der Waals surface area contributed by atoms with Crippen LogP contribution in [0.1, 0.15) is 37.7 Å². The summed E-state index contributed by atoms with van der Waals surface area (Å²) in [6.07, 6.45) is 5.36. The van der Waals surface area contributed by atoms with E-state index in [2.05, 4.69) is 5.32 Å². The molecule has 3 rings (SSSR count). The van der Waals surface area contributed by atoms with Gasteiger partial charge in [0.25, 0.3) is 5.91 Å². The molecule has 2 aliphatic carbocycles. The fourth-order valence-corrected chi connectivity index (χ4v) is 4.53. The predicted octanol–water partition coefficient (Wildman–Crippen LogP) is 2.70. The summed E-state index contributed by atoms with van der Waals surface area (Å²) in [4.78, 5) is 24.1. The molecule has 0 saturated heterocycles. The summed E-state index contributed by atoms with van der Waals surface area (Å²) in [6, 6.07) is 3.53. The van der Waals surface area contributed by atoms with Crippen molar-refractivity contribution < 1.29 is 28.5 Å². The van der Waals surface area contributed by atoms with Gasteiger partial charge in [0, 0.05) is 13.0 Å². The highest BCUT2D eigenvalue weighted by Crippen LogP contribution is 2.49. The van der Waals surface area contributed by atoms with E-state index in [4.69, 9.17) is 18.9 Å². The molecule has 1 amide bonds. The van der Waals surface area contributed by atoms with Gasteiger partial charge in [-0.3, -0.25) is 9.59 Å². The predicted molar refractivity (Wildman–Crippen MR) is 102 cm³/mol. The Morgan fingerprint density at radius 1 is 1.04 bits per heavy atom. The van der Waals surface area contributed by atoms with Crippen molar-refractivity contribution in [3.8, 4) is 17.2 Å². The molecule has 0 radical (unpaired) electrons. The third kappa shape index (κ3) is 4.69. The maximum atomic E-state index is 12.0. The van der Waals surface area contributed by atoms with Gasteiger partial charge >= 0.3 is 5.97 Å². The van der Waals surface area contributed by atoms with E-state index in [0.29, 0.717) is 35.5 Å². The fraction of sp³-hybridized carbons (Fsp3) is 0.619. The van der Waals surface area contributed by atoms with Crippen LogP contribution in [-0.2, 0) is 20.9 Å². The monoisotopic (exact) mass is 391 g/mol. The van der Waals surface area contributed by atoms with E-state index in [1.165, 1.54) is 40.6 Å². The van der Waals surface area contributed by atoms with Crippen molar-refractivity contribution in [2.75, 3.05) is 27.9 Å². The second kappa shape index (κ2) is 9.17. The van der Waals surface area contributed by atoms with Crippen molar-refractivity contribution in [1.82, 2.24) is 5.32 Å². The number of ether oxygens (including phenoxy) is 4. The molecule has 3 atom stereocenters. The second-order valence-electron chi connectivity index (χ2n) is 7.61. The van der Waals surface area contributed by atoms with Gasteiger partial charge in [-0.15, -0.1) is 0 Å². The molecule has 7 heteroatoms. The Bertz CT molecular complexity index is 694. The minimum Gasteiger partial charge on any atom is -0.493 e. The van der Waals surface area contributed by atoms with Crippen LogP contribution < -0.4 is 19.5 Å². The molecule has 2 fully saturated rings. The van der Waals surface area contributed by atoms with E-state index in [9.17, 15) is 9.59 Å². The van der Waals surface area contributed by atoms with Gasteiger partial charge < -0.3 is 24.3 Å². The number of carbonyl (C=O) groups is 2. The van der Waals surface area contributed by atoms with Gasteiger partial charge in [-0.1, -0.05) is 6.42 Å². The Kier molecular flexibility index (Phi) is 6.65. The number of esters is 1. The Morgan fingerprint density at radius 2 is 1.75 bits per heavy atom. The molecule has 2 bridgehead atoms. The van der Waals surface area contributed by atoms with Crippen LogP contribution in [-0.4, -0.2) is 39.8 Å². The average Bonchev–Trinajstić information content (AvgIpc) is 3.32. The third-order valence-corrected chi connectivity index (χ3v) is 5.89. The molecule has 0 aromatic heterocycles. The number of carbonyl (C=O) groups excluding carboxylic acids is 2. The molecule has 2 saturated carbocycles. The molecule has 0 aliphatic heterocycles. The van der Waals surface area contributed by atoms with E-state index in [-0.39, 0.29) is 25.0 Å². The summed E-state index contributed by atoms with van der Waals surface area (Å²) in [5.74, 6) is 2.82. The molecule has 1 aromatic rings. The highest BCUT2D eigenvalue weighted by atomic mass is 16.5. The van der Waals surface area contributed by atoms with Crippen molar-refractivity contribution in [2.24, 2.45) is 17.8 Å². The average molecular weight is 391 g/mol. The SMILES string of the molecule is COc1cc(CNC(=O)COC(=O)C[C@H]2C[C@H]3CC[C@@H]2C3)cc(OC)c1OC. The molecular weight excluding hydrogens is 362 g/mol. The zero-order valence-corrected chi connectivity index (χ0v) is 16.8. The number of nitrogens with one attached hydrogen (secondary N) is 1. The van der Waals surface area contributed by atoms with Crippen molar-refractivity contribution in [1.29, 1.82) is 0 Å². The Hall–Kier alpha value is -2.44. The summed E-state index contributed by atoms with van der Waals surface area (Å²) in [5.41, 5.74) is 0.788. The minimum atomic E-state index is -0.338.